The number of anilines is 1. The van der Waals surface area contributed by atoms with Crippen molar-refractivity contribution in [2.45, 2.75) is 63.7 Å². The van der Waals surface area contributed by atoms with Crippen LogP contribution in [0.4, 0.5) is 19.0 Å². The Kier molecular flexibility index (Phi) is 6.05. The molecular weight excluding hydrogens is 483 g/mol. The Labute approximate surface area is 216 Å². The number of hydrogen-bond acceptors (Lipinski definition) is 6. The number of pyridine rings is 1. The van der Waals surface area contributed by atoms with E-state index in [9.17, 15) is 23.2 Å². The van der Waals surface area contributed by atoms with Crippen LogP contribution in [-0.4, -0.2) is 59.4 Å². The van der Waals surface area contributed by atoms with Crippen molar-refractivity contribution < 1.29 is 19.3 Å². The van der Waals surface area contributed by atoms with Crippen LogP contribution in [0.5, 0.6) is 0 Å². The number of nitrogens with one attached hydrogen (secondary N) is 1. The van der Waals surface area contributed by atoms with Gasteiger partial charge >= 0.3 is 6.18 Å². The van der Waals surface area contributed by atoms with Crippen molar-refractivity contribution >= 4 is 17.6 Å². The number of amides is 1. The molecule has 5 fully saturated rings. The fourth-order valence-electron chi connectivity index (χ4n) is 7.12. The van der Waals surface area contributed by atoms with Crippen LogP contribution in [0.3, 0.4) is 0 Å². The topological polar surface area (TPSA) is 111 Å². The van der Waals surface area contributed by atoms with Crippen molar-refractivity contribution in [1.82, 2.24) is 15.2 Å². The summed E-state index contributed by atoms with van der Waals surface area (Å²) in [6.07, 6.45) is 1.68. The Morgan fingerprint density at radius 3 is 2.38 bits per heavy atom. The average molecular weight is 519 g/mol. The van der Waals surface area contributed by atoms with Crippen molar-refractivity contribution in [3.05, 3.63) is 23.9 Å². The zero-order chi connectivity index (χ0) is 27.5. The number of primary amides is 1. The zero-order valence-corrected chi connectivity index (χ0v) is 21.2. The second-order valence-electron chi connectivity index (χ2n) is 11.5. The number of aromatic nitrogens is 1. The summed E-state index contributed by atoms with van der Waals surface area (Å²) in [6.45, 7) is 6.38. The second-order valence-corrected chi connectivity index (χ2v) is 11.5. The lowest BCUT2D eigenvalue weighted by molar-refractivity contribution is -0.144. The van der Waals surface area contributed by atoms with E-state index in [1.807, 2.05) is 24.9 Å². The minimum absolute atomic E-state index is 0.0750. The van der Waals surface area contributed by atoms with Gasteiger partial charge in [-0.2, -0.15) is 18.4 Å². The van der Waals surface area contributed by atoms with E-state index in [1.54, 1.807) is 0 Å². The summed E-state index contributed by atoms with van der Waals surface area (Å²) in [5.41, 5.74) is 3.82. The predicted molar refractivity (Wildman–Crippen MR) is 132 cm³/mol. The van der Waals surface area contributed by atoms with Gasteiger partial charge in [-0.05, 0) is 75.8 Å². The molecule has 4 aliphatic carbocycles. The van der Waals surface area contributed by atoms with E-state index >= 15 is 0 Å². The standard InChI is InChI=1S/C26H34F3N7O/c1-24(2,36-7-5-35(6-8-36)20-4-3-19(14-32-20)26(27,28)29)23(33-15-30)34-21-17-9-16-10-18(21)13-25(11-16,12-17)22(31)37/h3-4,14,16-18,21H,5-13H2,1-2H3,(H2,31,37)(H,33,34)/i16D. The molecule has 1 saturated heterocycles. The first-order valence-corrected chi connectivity index (χ1v) is 12.8. The normalized spacial score (nSPS) is 34.7. The number of alkyl halides is 3. The SMILES string of the molecule is [2H]C12CC3CC(C(N)=O)(CC(C1)C3N=C(NC#N)C(C)(C)N1CCN(c3ccc(C(F)(F)F)cn3)CC1)C2. The first-order valence-electron chi connectivity index (χ1n) is 13.3. The summed E-state index contributed by atoms with van der Waals surface area (Å²) >= 11 is 0. The molecule has 0 spiro atoms. The molecule has 0 radical (unpaired) electrons. The van der Waals surface area contributed by atoms with Crippen LogP contribution in [0.2, 0.25) is 0 Å². The van der Waals surface area contributed by atoms with E-state index < -0.39 is 28.6 Å². The van der Waals surface area contributed by atoms with Gasteiger partial charge < -0.3 is 10.6 Å². The largest absolute Gasteiger partial charge is 0.417 e. The highest BCUT2D eigenvalue weighted by Crippen LogP contribution is 2.60. The number of nitrogens with two attached hydrogens (primary N) is 1. The molecule has 2 atom stereocenters. The summed E-state index contributed by atoms with van der Waals surface area (Å²) in [6, 6.07) is 2.38. The average Bonchev–Trinajstić information content (AvgIpc) is 2.84. The van der Waals surface area contributed by atoms with Gasteiger partial charge in [0.05, 0.1) is 17.1 Å². The molecule has 4 saturated carbocycles. The molecule has 5 aliphatic rings. The fourth-order valence-corrected chi connectivity index (χ4v) is 7.12. The molecule has 4 bridgehead atoms. The minimum atomic E-state index is -4.42. The van der Waals surface area contributed by atoms with Gasteiger partial charge in [0.2, 0.25) is 5.91 Å². The number of amidine groups is 1. The van der Waals surface area contributed by atoms with Gasteiger partial charge in [0.25, 0.3) is 0 Å². The molecule has 6 rings (SSSR count). The number of carbonyl (C=O) groups excluding carboxylic acids is 1. The number of nitrogens with zero attached hydrogens (tertiary/aromatic N) is 5. The van der Waals surface area contributed by atoms with E-state index in [0.717, 1.165) is 12.3 Å². The summed E-state index contributed by atoms with van der Waals surface area (Å²) < 4.78 is 47.6. The molecule has 0 aromatic carbocycles. The Hall–Kier alpha value is -2.87. The third-order valence-electron chi connectivity index (χ3n) is 8.99. The molecule has 1 aliphatic heterocycles. The molecular formula is C26H34F3N7O. The maximum atomic E-state index is 12.9. The van der Waals surface area contributed by atoms with Crippen molar-refractivity contribution in [2.24, 2.45) is 33.9 Å². The number of rotatable bonds is 5. The highest BCUT2D eigenvalue weighted by Gasteiger charge is 2.58. The van der Waals surface area contributed by atoms with Crippen LogP contribution in [0.15, 0.2) is 23.3 Å². The highest BCUT2D eigenvalue weighted by molar-refractivity contribution is 5.92. The monoisotopic (exact) mass is 518 g/mol. The van der Waals surface area contributed by atoms with Crippen molar-refractivity contribution in [3.63, 3.8) is 0 Å². The number of aliphatic imine (C=N–C) groups is 1. The Morgan fingerprint density at radius 2 is 1.86 bits per heavy atom. The molecule has 1 aromatic rings. The van der Waals surface area contributed by atoms with Crippen LogP contribution in [0.25, 0.3) is 0 Å². The van der Waals surface area contributed by atoms with Gasteiger partial charge in [-0.1, -0.05) is 0 Å². The van der Waals surface area contributed by atoms with Gasteiger partial charge in [-0.3, -0.25) is 20.0 Å². The second kappa shape index (κ2) is 9.15. The summed E-state index contributed by atoms with van der Waals surface area (Å²) in [4.78, 5) is 25.7. The smallest absolute Gasteiger partial charge is 0.369 e. The minimum Gasteiger partial charge on any atom is -0.369 e. The van der Waals surface area contributed by atoms with Crippen molar-refractivity contribution in [1.29, 1.82) is 5.26 Å². The van der Waals surface area contributed by atoms with Crippen LogP contribution in [-0.2, 0) is 11.0 Å². The molecule has 11 heteroatoms. The molecule has 3 N–H and O–H groups in total. The molecule has 1 aromatic heterocycles. The Bertz CT molecular complexity index is 1140. The lowest BCUT2D eigenvalue weighted by atomic mass is 9.48. The Morgan fingerprint density at radius 1 is 1.22 bits per heavy atom. The van der Waals surface area contributed by atoms with E-state index in [1.165, 1.54) is 6.07 Å². The quantitative estimate of drug-likeness (QED) is 0.268. The Balaban J connectivity index is 1.31. The number of nitriles is 1. The van der Waals surface area contributed by atoms with Gasteiger partial charge in [-0.15, -0.1) is 0 Å². The van der Waals surface area contributed by atoms with Crippen LogP contribution in [0.1, 0.15) is 52.9 Å². The van der Waals surface area contributed by atoms with E-state index in [2.05, 4.69) is 15.2 Å². The molecule has 200 valence electrons. The molecule has 2 unspecified atom stereocenters. The third kappa shape index (κ3) is 4.65. The van der Waals surface area contributed by atoms with E-state index in [-0.39, 0.29) is 23.8 Å². The first-order chi connectivity index (χ1) is 17.8. The third-order valence-corrected chi connectivity index (χ3v) is 8.99. The zero-order valence-electron chi connectivity index (χ0n) is 22.2. The maximum Gasteiger partial charge on any atom is 0.417 e. The maximum absolute atomic E-state index is 12.9. The molecule has 8 nitrogen and oxygen atoms in total. The first kappa shape index (κ1) is 24.5. The number of halogens is 3. The van der Waals surface area contributed by atoms with Crippen molar-refractivity contribution in [3.8, 4) is 6.19 Å². The molecule has 1 amide bonds. The summed E-state index contributed by atoms with van der Waals surface area (Å²) in [7, 11) is 0. The van der Waals surface area contributed by atoms with Crippen LogP contribution >= 0.6 is 0 Å². The van der Waals surface area contributed by atoms with Crippen LogP contribution in [0, 0.1) is 34.6 Å². The van der Waals surface area contributed by atoms with Gasteiger partial charge in [-0.25, -0.2) is 4.98 Å². The van der Waals surface area contributed by atoms with Crippen molar-refractivity contribution in [2.75, 3.05) is 31.1 Å². The highest BCUT2D eigenvalue weighted by atomic mass is 19.4. The lowest BCUT2D eigenvalue weighted by Gasteiger charge is -2.58. The van der Waals surface area contributed by atoms with Gasteiger partial charge in [0.1, 0.15) is 11.7 Å². The summed E-state index contributed by atoms with van der Waals surface area (Å²) in [5.74, 6) is 0.285. The number of hydrogen-bond donors (Lipinski definition) is 2. The molecule has 2 heterocycles. The molecule has 37 heavy (non-hydrogen) atoms. The van der Waals surface area contributed by atoms with Gasteiger partial charge in [0.15, 0.2) is 6.19 Å². The number of piperazine rings is 1. The lowest BCUT2D eigenvalue weighted by Crippen LogP contribution is -2.61. The summed E-state index contributed by atoms with van der Waals surface area (Å²) in [5, 5.41) is 12.4. The van der Waals surface area contributed by atoms with E-state index in [0.29, 0.717) is 69.9 Å². The van der Waals surface area contributed by atoms with Crippen LogP contribution < -0.4 is 16.0 Å². The number of carbonyl (C=O) groups is 1. The van der Waals surface area contributed by atoms with Gasteiger partial charge in [0, 0.05) is 39.2 Å². The predicted octanol–water partition coefficient (Wildman–Crippen LogP) is 3.15. The fraction of sp³-hybridized carbons (Fsp3) is 0.692. The van der Waals surface area contributed by atoms with E-state index in [4.69, 9.17) is 12.1 Å².